The molecule has 1 nitrogen and oxygen atoms in total. The quantitative estimate of drug-likeness (QED) is 0.626. The molecule has 0 saturated heterocycles. The summed E-state index contributed by atoms with van der Waals surface area (Å²) in [7, 11) is 0. The molecule has 0 aromatic carbocycles. The molecule has 0 amide bonds. The SMILES string of the molecule is CCCNC(C)CC(C)C(CC)CC. The van der Waals surface area contributed by atoms with E-state index in [2.05, 4.69) is 39.9 Å². The van der Waals surface area contributed by atoms with Crippen molar-refractivity contribution in [2.45, 2.75) is 66.3 Å². The molecule has 0 bridgehead atoms. The van der Waals surface area contributed by atoms with Crippen LogP contribution in [0.5, 0.6) is 0 Å². The lowest BCUT2D eigenvalue weighted by Crippen LogP contribution is -2.30. The zero-order valence-corrected chi connectivity index (χ0v) is 10.8. The van der Waals surface area contributed by atoms with Gasteiger partial charge in [0, 0.05) is 6.04 Å². The highest BCUT2D eigenvalue weighted by atomic mass is 14.9. The predicted octanol–water partition coefficient (Wildman–Crippen LogP) is 3.84. The minimum Gasteiger partial charge on any atom is -0.314 e. The van der Waals surface area contributed by atoms with Crippen molar-refractivity contribution in [2.24, 2.45) is 11.8 Å². The number of hydrogen-bond donors (Lipinski definition) is 1. The van der Waals surface area contributed by atoms with Crippen molar-refractivity contribution in [1.82, 2.24) is 5.32 Å². The Balaban J connectivity index is 3.73. The Hall–Kier alpha value is -0.0400. The second kappa shape index (κ2) is 8.28. The van der Waals surface area contributed by atoms with Crippen molar-refractivity contribution < 1.29 is 0 Å². The third kappa shape index (κ3) is 5.64. The van der Waals surface area contributed by atoms with E-state index in [9.17, 15) is 0 Å². The lowest BCUT2D eigenvalue weighted by molar-refractivity contribution is 0.289. The maximum Gasteiger partial charge on any atom is 0.00413 e. The topological polar surface area (TPSA) is 12.0 Å². The summed E-state index contributed by atoms with van der Waals surface area (Å²) in [4.78, 5) is 0. The molecule has 0 fully saturated rings. The fraction of sp³-hybridized carbons (Fsp3) is 1.00. The van der Waals surface area contributed by atoms with Crippen molar-refractivity contribution in [3.8, 4) is 0 Å². The van der Waals surface area contributed by atoms with E-state index in [0.29, 0.717) is 6.04 Å². The monoisotopic (exact) mass is 199 g/mol. The zero-order chi connectivity index (χ0) is 11.0. The van der Waals surface area contributed by atoms with Gasteiger partial charge >= 0.3 is 0 Å². The van der Waals surface area contributed by atoms with E-state index in [4.69, 9.17) is 0 Å². The molecule has 0 aromatic rings. The molecule has 0 aliphatic heterocycles. The number of nitrogens with one attached hydrogen (secondary N) is 1. The van der Waals surface area contributed by atoms with Crippen LogP contribution >= 0.6 is 0 Å². The molecule has 0 rings (SSSR count). The lowest BCUT2D eigenvalue weighted by atomic mass is 9.85. The highest BCUT2D eigenvalue weighted by molar-refractivity contribution is 4.70. The van der Waals surface area contributed by atoms with Crippen molar-refractivity contribution in [2.75, 3.05) is 6.54 Å². The third-order valence-electron chi connectivity index (χ3n) is 3.32. The zero-order valence-electron chi connectivity index (χ0n) is 10.8. The van der Waals surface area contributed by atoms with Gasteiger partial charge in [-0.1, -0.05) is 40.5 Å². The van der Waals surface area contributed by atoms with E-state index in [-0.39, 0.29) is 0 Å². The molecule has 1 N–H and O–H groups in total. The van der Waals surface area contributed by atoms with Gasteiger partial charge in [-0.25, -0.2) is 0 Å². The molecule has 0 heterocycles. The van der Waals surface area contributed by atoms with Crippen LogP contribution in [0.4, 0.5) is 0 Å². The molecule has 0 aliphatic rings. The summed E-state index contributed by atoms with van der Waals surface area (Å²) >= 11 is 0. The molecular formula is C13H29N. The standard InChI is InChI=1S/C13H29N/c1-6-9-14-12(5)10-11(4)13(7-2)8-3/h11-14H,6-10H2,1-5H3. The lowest BCUT2D eigenvalue weighted by Gasteiger charge is -2.24. The molecule has 0 aromatic heterocycles. The molecule has 2 unspecified atom stereocenters. The first-order valence-electron chi connectivity index (χ1n) is 6.38. The summed E-state index contributed by atoms with van der Waals surface area (Å²) in [6.45, 7) is 12.7. The second-order valence-electron chi connectivity index (χ2n) is 4.64. The van der Waals surface area contributed by atoms with Crippen LogP contribution in [0, 0.1) is 11.8 Å². The minimum absolute atomic E-state index is 0.686. The highest BCUT2D eigenvalue weighted by Gasteiger charge is 2.15. The van der Waals surface area contributed by atoms with Gasteiger partial charge in [0.25, 0.3) is 0 Å². The van der Waals surface area contributed by atoms with Crippen LogP contribution < -0.4 is 5.32 Å². The van der Waals surface area contributed by atoms with E-state index < -0.39 is 0 Å². The Morgan fingerprint density at radius 2 is 1.57 bits per heavy atom. The van der Waals surface area contributed by atoms with Crippen LogP contribution in [-0.2, 0) is 0 Å². The van der Waals surface area contributed by atoms with E-state index in [0.717, 1.165) is 18.4 Å². The van der Waals surface area contributed by atoms with Crippen molar-refractivity contribution in [3.63, 3.8) is 0 Å². The summed E-state index contributed by atoms with van der Waals surface area (Å²) in [5, 5.41) is 3.57. The van der Waals surface area contributed by atoms with Crippen LogP contribution in [0.25, 0.3) is 0 Å². The largest absolute Gasteiger partial charge is 0.314 e. The average Bonchev–Trinajstić information content (AvgIpc) is 2.16. The summed E-state index contributed by atoms with van der Waals surface area (Å²) in [5.74, 6) is 1.78. The molecule has 86 valence electrons. The molecule has 2 atom stereocenters. The Morgan fingerprint density at radius 1 is 1.00 bits per heavy atom. The van der Waals surface area contributed by atoms with Crippen molar-refractivity contribution >= 4 is 0 Å². The van der Waals surface area contributed by atoms with Gasteiger partial charge in [0.2, 0.25) is 0 Å². The van der Waals surface area contributed by atoms with E-state index in [1.807, 2.05) is 0 Å². The normalized spacial score (nSPS) is 15.9. The van der Waals surface area contributed by atoms with Gasteiger partial charge in [-0.15, -0.1) is 0 Å². The van der Waals surface area contributed by atoms with Gasteiger partial charge in [0.05, 0.1) is 0 Å². The van der Waals surface area contributed by atoms with Crippen LogP contribution in [0.3, 0.4) is 0 Å². The van der Waals surface area contributed by atoms with Gasteiger partial charge < -0.3 is 5.32 Å². The second-order valence-corrected chi connectivity index (χ2v) is 4.64. The predicted molar refractivity (Wildman–Crippen MR) is 65.6 cm³/mol. The van der Waals surface area contributed by atoms with Crippen molar-refractivity contribution in [3.05, 3.63) is 0 Å². The van der Waals surface area contributed by atoms with E-state index in [1.54, 1.807) is 0 Å². The Kier molecular flexibility index (Phi) is 8.26. The Morgan fingerprint density at radius 3 is 2.00 bits per heavy atom. The van der Waals surface area contributed by atoms with Gasteiger partial charge in [0.15, 0.2) is 0 Å². The van der Waals surface area contributed by atoms with Crippen LogP contribution in [-0.4, -0.2) is 12.6 Å². The summed E-state index contributed by atoms with van der Waals surface area (Å²) < 4.78 is 0. The molecule has 14 heavy (non-hydrogen) atoms. The summed E-state index contributed by atoms with van der Waals surface area (Å²) in [5.41, 5.74) is 0. The fourth-order valence-corrected chi connectivity index (χ4v) is 2.32. The molecule has 0 spiro atoms. The van der Waals surface area contributed by atoms with Gasteiger partial charge in [-0.2, -0.15) is 0 Å². The molecule has 1 heteroatoms. The molecule has 0 radical (unpaired) electrons. The van der Waals surface area contributed by atoms with Crippen LogP contribution in [0.15, 0.2) is 0 Å². The van der Waals surface area contributed by atoms with Gasteiger partial charge in [-0.05, 0) is 38.1 Å². The highest BCUT2D eigenvalue weighted by Crippen LogP contribution is 2.23. The van der Waals surface area contributed by atoms with E-state index >= 15 is 0 Å². The minimum atomic E-state index is 0.686. The van der Waals surface area contributed by atoms with Crippen LogP contribution in [0.1, 0.15) is 60.3 Å². The fourth-order valence-electron chi connectivity index (χ4n) is 2.32. The Bertz CT molecular complexity index is 118. The maximum absolute atomic E-state index is 3.57. The average molecular weight is 199 g/mol. The van der Waals surface area contributed by atoms with Gasteiger partial charge in [-0.3, -0.25) is 0 Å². The first-order chi connectivity index (χ1) is 6.65. The smallest absolute Gasteiger partial charge is 0.00413 e. The van der Waals surface area contributed by atoms with Crippen LogP contribution in [0.2, 0.25) is 0 Å². The van der Waals surface area contributed by atoms with Crippen molar-refractivity contribution in [1.29, 1.82) is 0 Å². The Labute approximate surface area is 90.7 Å². The van der Waals surface area contributed by atoms with Gasteiger partial charge in [0.1, 0.15) is 0 Å². The third-order valence-corrected chi connectivity index (χ3v) is 3.32. The molecule has 0 saturated carbocycles. The first kappa shape index (κ1) is 14.0. The maximum atomic E-state index is 3.57. The summed E-state index contributed by atoms with van der Waals surface area (Å²) in [6, 6.07) is 0.686. The summed E-state index contributed by atoms with van der Waals surface area (Å²) in [6.07, 6.45) is 5.23. The number of rotatable bonds is 8. The first-order valence-corrected chi connectivity index (χ1v) is 6.38. The van der Waals surface area contributed by atoms with E-state index in [1.165, 1.54) is 25.7 Å². The molecular weight excluding hydrogens is 170 g/mol. The number of hydrogen-bond acceptors (Lipinski definition) is 1. The molecule has 0 aliphatic carbocycles.